The molecule has 0 unspecified atom stereocenters. The number of carbonyl (C=O) groups excluding carboxylic acids is 1. The quantitative estimate of drug-likeness (QED) is 0.112. The zero-order valence-electron chi connectivity index (χ0n) is 30.8. The van der Waals surface area contributed by atoms with Gasteiger partial charge in [0.25, 0.3) is 0 Å². The SMILES string of the molecule is Cc1c(OCCCN2CCC(O)CC2)cccc1-c1cccc2c1CC[C@@H]2Oc1cc(OCc2cncc(C#N)c2)c(CNC[C@@H]2CCC(=O)N2)cc1Cl. The molecule has 0 spiro atoms. The Labute approximate surface area is 322 Å². The second-order valence-corrected chi connectivity index (χ2v) is 14.9. The van der Waals surface area contributed by atoms with Crippen molar-refractivity contribution in [2.75, 3.05) is 32.8 Å². The van der Waals surface area contributed by atoms with Crippen LogP contribution in [0.2, 0.25) is 5.02 Å². The predicted molar refractivity (Wildman–Crippen MR) is 208 cm³/mol. The van der Waals surface area contributed by atoms with E-state index < -0.39 is 0 Å². The molecule has 3 N–H and O–H groups in total. The van der Waals surface area contributed by atoms with Gasteiger partial charge in [-0.3, -0.25) is 9.78 Å². The van der Waals surface area contributed by atoms with E-state index in [2.05, 4.69) is 69.9 Å². The number of nitriles is 1. The summed E-state index contributed by atoms with van der Waals surface area (Å²) >= 11 is 6.92. The number of hydrogen-bond acceptors (Lipinski definition) is 9. The van der Waals surface area contributed by atoms with Crippen LogP contribution in [0.3, 0.4) is 0 Å². The van der Waals surface area contributed by atoms with Crippen LogP contribution >= 0.6 is 11.6 Å². The summed E-state index contributed by atoms with van der Waals surface area (Å²) < 4.78 is 19.4. The predicted octanol–water partition coefficient (Wildman–Crippen LogP) is 6.82. The highest BCUT2D eigenvalue weighted by atomic mass is 35.5. The number of piperidine rings is 1. The molecule has 2 fully saturated rings. The topological polar surface area (TPSA) is 129 Å². The van der Waals surface area contributed by atoms with Crippen LogP contribution in [0.15, 0.2) is 67.0 Å². The summed E-state index contributed by atoms with van der Waals surface area (Å²) in [5.41, 5.74) is 8.00. The number of likely N-dealkylation sites (tertiary alicyclic amines) is 1. The Kier molecular flexibility index (Phi) is 12.3. The number of fused-ring (bicyclic) bond motifs is 1. The number of benzene rings is 3. The van der Waals surface area contributed by atoms with Crippen LogP contribution in [0.5, 0.6) is 17.2 Å². The molecular formula is C43H48ClN5O5. The minimum atomic E-state index is -0.188. The Bertz CT molecular complexity index is 1990. The number of rotatable bonds is 15. The standard InChI is InChI=1S/C43H48ClN5O5/c1-28-34(5-3-8-39(28)52-18-4-15-49-16-13-33(50)14-17-49)35-6-2-7-37-36(35)10-11-40(37)54-42-21-41(53-27-30-19-29(22-45)23-46-24-30)31(20-38(42)44)25-47-26-32-9-12-43(51)48-32/h2-3,5-8,19-21,23-24,32-33,40,47,50H,4,9-18,25-27H2,1H3,(H,48,51)/t32-,40-/m0/s1. The Morgan fingerprint density at radius 2 is 1.83 bits per heavy atom. The van der Waals surface area contributed by atoms with Crippen molar-refractivity contribution in [2.24, 2.45) is 0 Å². The van der Waals surface area contributed by atoms with E-state index in [4.69, 9.17) is 25.8 Å². The first-order chi connectivity index (χ1) is 26.3. The monoisotopic (exact) mass is 749 g/mol. The smallest absolute Gasteiger partial charge is 0.220 e. The summed E-state index contributed by atoms with van der Waals surface area (Å²) in [6.45, 7) is 6.99. The molecule has 0 radical (unpaired) electrons. The van der Waals surface area contributed by atoms with Crippen molar-refractivity contribution in [3.05, 3.63) is 105 Å². The molecule has 1 aromatic heterocycles. The van der Waals surface area contributed by atoms with Crippen LogP contribution in [0, 0.1) is 18.3 Å². The molecule has 2 aliphatic heterocycles. The van der Waals surface area contributed by atoms with E-state index in [-0.39, 0.29) is 30.8 Å². The summed E-state index contributed by atoms with van der Waals surface area (Å²) in [4.78, 5) is 18.3. The molecular weight excluding hydrogens is 702 g/mol. The number of ether oxygens (including phenoxy) is 3. The van der Waals surface area contributed by atoms with Gasteiger partial charge in [0.1, 0.15) is 36.0 Å². The van der Waals surface area contributed by atoms with Crippen LogP contribution < -0.4 is 24.8 Å². The highest BCUT2D eigenvalue weighted by molar-refractivity contribution is 6.32. The molecule has 4 aromatic rings. The van der Waals surface area contributed by atoms with Crippen molar-refractivity contribution in [2.45, 2.75) is 83.3 Å². The third kappa shape index (κ3) is 9.16. The molecule has 10 nitrogen and oxygen atoms in total. The lowest BCUT2D eigenvalue weighted by Crippen LogP contribution is -2.36. The minimum Gasteiger partial charge on any atom is -0.493 e. The second-order valence-electron chi connectivity index (χ2n) is 14.5. The number of nitrogens with one attached hydrogen (secondary N) is 2. The van der Waals surface area contributed by atoms with Crippen LogP contribution in [-0.2, 0) is 24.4 Å². The van der Waals surface area contributed by atoms with Gasteiger partial charge in [0.15, 0.2) is 0 Å². The molecule has 0 saturated carbocycles. The van der Waals surface area contributed by atoms with Crippen LogP contribution in [0.1, 0.15) is 78.0 Å². The third-order valence-electron chi connectivity index (χ3n) is 10.7. The number of amides is 1. The number of hydrogen-bond donors (Lipinski definition) is 3. The first kappa shape index (κ1) is 37.6. The van der Waals surface area contributed by atoms with E-state index >= 15 is 0 Å². The van der Waals surface area contributed by atoms with E-state index in [1.165, 1.54) is 17.3 Å². The van der Waals surface area contributed by atoms with Gasteiger partial charge in [-0.25, -0.2) is 0 Å². The Morgan fingerprint density at radius 1 is 1.00 bits per heavy atom. The maximum Gasteiger partial charge on any atom is 0.220 e. The lowest BCUT2D eigenvalue weighted by Gasteiger charge is -2.29. The zero-order chi connectivity index (χ0) is 37.4. The van der Waals surface area contributed by atoms with E-state index in [9.17, 15) is 15.2 Å². The molecule has 0 bridgehead atoms. The van der Waals surface area contributed by atoms with E-state index in [1.54, 1.807) is 12.3 Å². The summed E-state index contributed by atoms with van der Waals surface area (Å²) in [6, 6.07) is 20.5. The highest BCUT2D eigenvalue weighted by Gasteiger charge is 2.29. The van der Waals surface area contributed by atoms with Crippen molar-refractivity contribution in [1.29, 1.82) is 5.26 Å². The lowest BCUT2D eigenvalue weighted by atomic mass is 9.93. The van der Waals surface area contributed by atoms with Gasteiger partial charge in [-0.15, -0.1) is 0 Å². The van der Waals surface area contributed by atoms with E-state index in [1.807, 2.05) is 12.1 Å². The number of aromatic nitrogens is 1. The molecule has 1 aliphatic carbocycles. The van der Waals surface area contributed by atoms with Crippen molar-refractivity contribution in [3.63, 3.8) is 0 Å². The number of nitrogens with zero attached hydrogens (tertiary/aromatic N) is 3. The number of pyridine rings is 1. The largest absolute Gasteiger partial charge is 0.493 e. The van der Waals surface area contributed by atoms with Crippen LogP contribution in [-0.4, -0.2) is 65.8 Å². The molecule has 2 saturated heterocycles. The van der Waals surface area contributed by atoms with E-state index in [0.717, 1.165) is 91.7 Å². The van der Waals surface area contributed by atoms with Gasteiger partial charge < -0.3 is 34.9 Å². The Hall–Kier alpha value is -4.66. The van der Waals surface area contributed by atoms with Gasteiger partial charge in [-0.1, -0.05) is 41.9 Å². The van der Waals surface area contributed by atoms with Gasteiger partial charge in [-0.05, 0) is 91.5 Å². The molecule has 54 heavy (non-hydrogen) atoms. The average molecular weight is 750 g/mol. The third-order valence-corrected chi connectivity index (χ3v) is 11.0. The van der Waals surface area contributed by atoms with Crippen molar-refractivity contribution in [1.82, 2.24) is 20.5 Å². The zero-order valence-corrected chi connectivity index (χ0v) is 31.5. The molecule has 2 atom stereocenters. The van der Waals surface area contributed by atoms with Gasteiger partial charge in [0.05, 0.1) is 23.3 Å². The fraction of sp³-hybridized carbons (Fsp3) is 0.419. The number of carbonyl (C=O) groups is 1. The Balaban J connectivity index is 1.05. The summed E-state index contributed by atoms with van der Waals surface area (Å²) in [6.07, 6.45) is 8.55. The Morgan fingerprint density at radius 3 is 2.65 bits per heavy atom. The summed E-state index contributed by atoms with van der Waals surface area (Å²) in [7, 11) is 0. The van der Waals surface area contributed by atoms with Gasteiger partial charge >= 0.3 is 0 Å². The fourth-order valence-electron chi connectivity index (χ4n) is 7.76. The maximum atomic E-state index is 11.7. The first-order valence-corrected chi connectivity index (χ1v) is 19.4. The molecule has 1 amide bonds. The lowest BCUT2D eigenvalue weighted by molar-refractivity contribution is -0.119. The van der Waals surface area contributed by atoms with Crippen molar-refractivity contribution >= 4 is 17.5 Å². The van der Waals surface area contributed by atoms with E-state index in [0.29, 0.717) is 48.2 Å². The molecule has 282 valence electrons. The molecule has 3 heterocycles. The van der Waals surface area contributed by atoms with Gasteiger partial charge in [0, 0.05) is 74.8 Å². The molecule has 3 aliphatic rings. The van der Waals surface area contributed by atoms with Crippen molar-refractivity contribution in [3.8, 4) is 34.4 Å². The molecule has 7 rings (SSSR count). The summed E-state index contributed by atoms with van der Waals surface area (Å²) in [5, 5.41) is 26.1. The maximum absolute atomic E-state index is 11.7. The summed E-state index contributed by atoms with van der Waals surface area (Å²) in [5.74, 6) is 2.15. The van der Waals surface area contributed by atoms with Crippen molar-refractivity contribution < 1.29 is 24.1 Å². The number of aliphatic hydroxyl groups is 1. The molecule has 11 heteroatoms. The highest BCUT2D eigenvalue weighted by Crippen LogP contribution is 2.44. The number of aliphatic hydroxyl groups excluding tert-OH is 1. The molecule has 3 aromatic carbocycles. The fourth-order valence-corrected chi connectivity index (χ4v) is 7.99. The minimum absolute atomic E-state index is 0.0829. The van der Waals surface area contributed by atoms with Crippen LogP contribution in [0.4, 0.5) is 0 Å². The number of halogens is 1. The van der Waals surface area contributed by atoms with Crippen LogP contribution in [0.25, 0.3) is 11.1 Å². The van der Waals surface area contributed by atoms with Gasteiger partial charge in [-0.2, -0.15) is 5.26 Å². The normalized spacial score (nSPS) is 18.6. The second kappa shape index (κ2) is 17.7. The first-order valence-electron chi connectivity index (χ1n) is 19.1. The average Bonchev–Trinajstić information content (AvgIpc) is 3.80. The van der Waals surface area contributed by atoms with Gasteiger partial charge in [0.2, 0.25) is 5.91 Å².